The molecule has 2 aromatic heterocycles. The van der Waals surface area contributed by atoms with Crippen molar-refractivity contribution in [1.82, 2.24) is 19.6 Å². The molecule has 4 aromatic rings. The molecule has 0 unspecified atom stereocenters. The first-order valence-electron chi connectivity index (χ1n) is 10.2. The van der Waals surface area contributed by atoms with Crippen LogP contribution in [0.3, 0.4) is 0 Å². The van der Waals surface area contributed by atoms with Crippen molar-refractivity contribution in [3.05, 3.63) is 89.5 Å². The summed E-state index contributed by atoms with van der Waals surface area (Å²) in [4.78, 5) is 0. The number of anilines is 2. The lowest BCUT2D eigenvalue weighted by Gasteiger charge is -2.08. The van der Waals surface area contributed by atoms with Crippen LogP contribution < -0.4 is 15.4 Å². The number of benzene rings is 2. The van der Waals surface area contributed by atoms with Crippen molar-refractivity contribution in [2.45, 2.75) is 26.6 Å². The zero-order valence-electron chi connectivity index (χ0n) is 17.5. The van der Waals surface area contributed by atoms with E-state index in [1.54, 1.807) is 21.8 Å². The Hall–Kier alpha value is -3.36. The third-order valence-corrected chi connectivity index (χ3v) is 5.34. The Morgan fingerprint density at radius 2 is 1.62 bits per heavy atom. The van der Waals surface area contributed by atoms with Crippen LogP contribution in [0.5, 0.6) is 5.75 Å². The highest BCUT2D eigenvalue weighted by Crippen LogP contribution is 2.17. The molecule has 7 nitrogen and oxygen atoms in total. The SMILES string of the molecule is CCc1ccc(OCn2cc(NC(=S)Nc3cnn(Cc4ccccc4Cl)c3)cn2)cc1. The second-order valence-corrected chi connectivity index (χ2v) is 7.95. The number of nitrogens with one attached hydrogen (secondary N) is 2. The Morgan fingerprint density at radius 3 is 2.31 bits per heavy atom. The van der Waals surface area contributed by atoms with E-state index >= 15 is 0 Å². The molecule has 2 N–H and O–H groups in total. The Balaban J connectivity index is 1.27. The Morgan fingerprint density at radius 1 is 0.969 bits per heavy atom. The van der Waals surface area contributed by atoms with Gasteiger partial charge in [0.15, 0.2) is 11.8 Å². The van der Waals surface area contributed by atoms with Gasteiger partial charge in [0.05, 0.1) is 36.5 Å². The minimum atomic E-state index is 0.308. The first kappa shape index (κ1) is 21.9. The van der Waals surface area contributed by atoms with Crippen molar-refractivity contribution < 1.29 is 4.74 Å². The third kappa shape index (κ3) is 5.87. The molecule has 0 aliphatic rings. The number of hydrogen-bond donors (Lipinski definition) is 2. The van der Waals surface area contributed by atoms with E-state index in [1.807, 2.05) is 48.8 Å². The number of halogens is 1. The molecule has 9 heteroatoms. The van der Waals surface area contributed by atoms with Gasteiger partial charge >= 0.3 is 0 Å². The number of aryl methyl sites for hydroxylation is 1. The lowest BCUT2D eigenvalue weighted by molar-refractivity contribution is 0.221. The van der Waals surface area contributed by atoms with Gasteiger partial charge in [-0.1, -0.05) is 48.9 Å². The third-order valence-electron chi connectivity index (χ3n) is 4.77. The normalized spacial score (nSPS) is 10.7. The van der Waals surface area contributed by atoms with Crippen molar-refractivity contribution in [1.29, 1.82) is 0 Å². The molecule has 164 valence electrons. The quantitative estimate of drug-likeness (QED) is 0.348. The van der Waals surface area contributed by atoms with Gasteiger partial charge in [-0.15, -0.1) is 0 Å². The summed E-state index contributed by atoms with van der Waals surface area (Å²) in [6, 6.07) is 15.8. The summed E-state index contributed by atoms with van der Waals surface area (Å²) in [5.41, 5.74) is 3.82. The fourth-order valence-corrected chi connectivity index (χ4v) is 3.50. The van der Waals surface area contributed by atoms with E-state index < -0.39 is 0 Å². The number of hydrogen-bond acceptors (Lipinski definition) is 4. The van der Waals surface area contributed by atoms with Crippen LogP contribution in [0.2, 0.25) is 5.02 Å². The predicted octanol–water partition coefficient (Wildman–Crippen LogP) is 5.19. The summed E-state index contributed by atoms with van der Waals surface area (Å²) < 4.78 is 9.26. The molecule has 0 saturated carbocycles. The van der Waals surface area contributed by atoms with E-state index in [2.05, 4.69) is 39.9 Å². The van der Waals surface area contributed by atoms with Crippen LogP contribution in [0.25, 0.3) is 0 Å². The van der Waals surface area contributed by atoms with Crippen molar-refractivity contribution >= 4 is 40.3 Å². The first-order chi connectivity index (χ1) is 15.6. The lowest BCUT2D eigenvalue weighted by atomic mass is 10.2. The van der Waals surface area contributed by atoms with E-state index in [-0.39, 0.29) is 0 Å². The second kappa shape index (κ2) is 10.3. The summed E-state index contributed by atoms with van der Waals surface area (Å²) >= 11 is 11.6. The monoisotopic (exact) mass is 466 g/mol. The number of nitrogens with zero attached hydrogens (tertiary/aromatic N) is 4. The van der Waals surface area contributed by atoms with Crippen LogP contribution in [0.15, 0.2) is 73.3 Å². The zero-order valence-corrected chi connectivity index (χ0v) is 19.1. The molecular weight excluding hydrogens is 444 g/mol. The van der Waals surface area contributed by atoms with Gasteiger partial charge in [-0.05, 0) is 48.0 Å². The molecule has 0 aliphatic heterocycles. The van der Waals surface area contributed by atoms with Gasteiger partial charge in [0.25, 0.3) is 0 Å². The summed E-state index contributed by atoms with van der Waals surface area (Å²) in [5, 5.41) is 16.1. The minimum absolute atomic E-state index is 0.308. The van der Waals surface area contributed by atoms with Crippen LogP contribution in [-0.2, 0) is 19.7 Å². The summed E-state index contributed by atoms with van der Waals surface area (Å²) in [5.74, 6) is 0.804. The maximum atomic E-state index is 6.22. The zero-order chi connectivity index (χ0) is 22.3. The number of ether oxygens (including phenoxy) is 1. The molecular formula is C23H23ClN6OS. The van der Waals surface area contributed by atoms with Crippen LogP contribution >= 0.6 is 23.8 Å². The van der Waals surface area contributed by atoms with Gasteiger partial charge in [-0.2, -0.15) is 10.2 Å². The van der Waals surface area contributed by atoms with Crippen LogP contribution in [-0.4, -0.2) is 24.7 Å². The average Bonchev–Trinajstić information content (AvgIpc) is 3.43. The van der Waals surface area contributed by atoms with Crippen LogP contribution in [0, 0.1) is 0 Å². The smallest absolute Gasteiger partial charge is 0.180 e. The summed E-state index contributed by atoms with van der Waals surface area (Å²) in [6.07, 6.45) is 8.11. The van der Waals surface area contributed by atoms with Gasteiger partial charge < -0.3 is 15.4 Å². The predicted molar refractivity (Wildman–Crippen MR) is 131 cm³/mol. The molecule has 0 aliphatic carbocycles. The Bertz CT molecular complexity index is 1190. The molecule has 0 saturated heterocycles. The van der Waals surface area contributed by atoms with Crippen molar-refractivity contribution in [3.8, 4) is 5.75 Å². The van der Waals surface area contributed by atoms with Gasteiger partial charge in [-0.3, -0.25) is 4.68 Å². The average molecular weight is 467 g/mol. The van der Waals surface area contributed by atoms with Crippen molar-refractivity contribution in [2.24, 2.45) is 0 Å². The minimum Gasteiger partial charge on any atom is -0.471 e. The highest BCUT2D eigenvalue weighted by molar-refractivity contribution is 7.80. The fraction of sp³-hybridized carbons (Fsp3) is 0.174. The topological polar surface area (TPSA) is 68.9 Å². The lowest BCUT2D eigenvalue weighted by Crippen LogP contribution is -2.18. The molecule has 0 fully saturated rings. The number of aromatic nitrogens is 4. The van der Waals surface area contributed by atoms with Gasteiger partial charge in [0, 0.05) is 11.2 Å². The highest BCUT2D eigenvalue weighted by Gasteiger charge is 2.06. The van der Waals surface area contributed by atoms with Crippen molar-refractivity contribution in [3.63, 3.8) is 0 Å². The largest absolute Gasteiger partial charge is 0.471 e. The van der Waals surface area contributed by atoms with E-state index in [1.165, 1.54) is 5.56 Å². The molecule has 2 heterocycles. The molecule has 2 aromatic carbocycles. The summed E-state index contributed by atoms with van der Waals surface area (Å²) in [7, 11) is 0. The standard InChI is InChI=1S/C23H23ClN6OS/c1-2-17-7-9-21(10-8-17)31-16-30-15-20(12-26-30)28-23(32)27-19-11-25-29(14-19)13-18-5-3-4-6-22(18)24/h3-12,14-15H,2,13,16H2,1H3,(H2,27,28,32). The molecule has 32 heavy (non-hydrogen) atoms. The fourth-order valence-electron chi connectivity index (χ4n) is 3.07. The maximum Gasteiger partial charge on any atom is 0.180 e. The maximum absolute atomic E-state index is 6.22. The van der Waals surface area contributed by atoms with E-state index in [0.29, 0.717) is 23.4 Å². The second-order valence-electron chi connectivity index (χ2n) is 7.14. The Kier molecular flexibility index (Phi) is 7.03. The van der Waals surface area contributed by atoms with Gasteiger partial charge in [0.2, 0.25) is 0 Å². The number of thiocarbonyl (C=S) groups is 1. The molecule has 0 spiro atoms. The van der Waals surface area contributed by atoms with E-state index in [9.17, 15) is 0 Å². The van der Waals surface area contributed by atoms with Gasteiger partial charge in [-0.25, -0.2) is 4.68 Å². The molecule has 0 atom stereocenters. The molecule has 0 bridgehead atoms. The van der Waals surface area contributed by atoms with Crippen LogP contribution in [0.4, 0.5) is 11.4 Å². The molecule has 0 radical (unpaired) electrons. The number of rotatable bonds is 8. The highest BCUT2D eigenvalue weighted by atomic mass is 35.5. The molecule has 4 rings (SSSR count). The first-order valence-corrected chi connectivity index (χ1v) is 11.0. The van der Waals surface area contributed by atoms with E-state index in [0.717, 1.165) is 29.1 Å². The summed E-state index contributed by atoms with van der Waals surface area (Å²) in [6.45, 7) is 3.01. The van der Waals surface area contributed by atoms with E-state index in [4.69, 9.17) is 28.6 Å². The van der Waals surface area contributed by atoms with Crippen molar-refractivity contribution in [2.75, 3.05) is 10.6 Å². The Labute approximate surface area is 197 Å². The molecule has 0 amide bonds. The van der Waals surface area contributed by atoms with Crippen LogP contribution in [0.1, 0.15) is 18.1 Å². The van der Waals surface area contributed by atoms with Gasteiger partial charge in [0.1, 0.15) is 5.75 Å².